The van der Waals surface area contributed by atoms with E-state index in [4.69, 9.17) is 19.5 Å². The Morgan fingerprint density at radius 3 is 2.74 bits per heavy atom. The van der Waals surface area contributed by atoms with E-state index in [0.29, 0.717) is 0 Å². The van der Waals surface area contributed by atoms with Crippen LogP contribution in [0.25, 0.3) is 11.0 Å². The number of hydrogen-bond acceptors (Lipinski definition) is 11. The first-order chi connectivity index (χ1) is 18.0. The number of hydrogen-bond donors (Lipinski definition) is 4. The third-order valence-electron chi connectivity index (χ3n) is 6.20. The van der Waals surface area contributed by atoms with Crippen molar-refractivity contribution in [3.05, 3.63) is 48.7 Å². The number of carbonyl (C=O) groups excluding carboxylic acids is 1. The van der Waals surface area contributed by atoms with Gasteiger partial charge >= 0.3 is 13.7 Å². The van der Waals surface area contributed by atoms with Crippen molar-refractivity contribution in [3.63, 3.8) is 0 Å². The van der Waals surface area contributed by atoms with Gasteiger partial charge in [0.2, 0.25) is 0 Å². The number of aliphatic hydroxyl groups is 2. The number of aromatic nitrogens is 3. The Morgan fingerprint density at radius 2 is 2.08 bits per heavy atom. The molecule has 4 rings (SSSR count). The minimum atomic E-state index is -4.26. The van der Waals surface area contributed by atoms with E-state index in [0.717, 1.165) is 12.5 Å². The summed E-state index contributed by atoms with van der Waals surface area (Å²) >= 11 is 0. The van der Waals surface area contributed by atoms with Crippen molar-refractivity contribution in [3.8, 4) is 5.75 Å². The van der Waals surface area contributed by atoms with Crippen LogP contribution in [0.4, 0.5) is 10.2 Å². The minimum Gasteiger partial charge on any atom is -0.468 e. The summed E-state index contributed by atoms with van der Waals surface area (Å²) in [6.45, 7) is 2.48. The molecule has 6 atom stereocenters. The van der Waals surface area contributed by atoms with Crippen molar-refractivity contribution < 1.29 is 42.5 Å². The maximum absolute atomic E-state index is 14.7. The predicted molar refractivity (Wildman–Crippen MR) is 132 cm³/mol. The number of nitrogens with zero attached hydrogens (tertiary/aromatic N) is 3. The number of benzene rings is 1. The number of halogens is 1. The predicted octanol–water partition coefficient (Wildman–Crippen LogP) is 1.91. The molecule has 38 heavy (non-hydrogen) atoms. The number of fused-ring (bicyclic) bond motifs is 1. The lowest BCUT2D eigenvalue weighted by Crippen LogP contribution is -2.47. The standard InChI is InChI=1S/C23H29FN5O8P/c1-4-15(37-38(33,28-10-16(30)34-3)36-13-8-6-5-7-9-13)18-19(31)23(2,32)22(35-18)29-11-14(24)17-20(25)26-12-27-21(17)29/h5-9,11-12,15,18-19,22,31-32H,4,10H2,1-3H3,(H,28,33)(H2,25,26,27)/t15-,18-,19-,22-,23-,38?/m1/s1. The van der Waals surface area contributed by atoms with Crippen molar-refractivity contribution in [2.75, 3.05) is 19.4 Å². The van der Waals surface area contributed by atoms with Gasteiger partial charge in [-0.25, -0.2) is 24.0 Å². The van der Waals surface area contributed by atoms with Crippen LogP contribution in [0.1, 0.15) is 26.5 Å². The number of ether oxygens (including phenoxy) is 2. The van der Waals surface area contributed by atoms with Crippen molar-refractivity contribution in [2.24, 2.45) is 0 Å². The second-order valence-corrected chi connectivity index (χ2v) is 10.5. The second kappa shape index (κ2) is 10.9. The summed E-state index contributed by atoms with van der Waals surface area (Å²) in [5, 5.41) is 24.7. The Balaban J connectivity index is 1.64. The van der Waals surface area contributed by atoms with Crippen LogP contribution < -0.4 is 15.3 Å². The second-order valence-electron chi connectivity index (χ2n) is 8.83. The van der Waals surface area contributed by atoms with E-state index in [1.165, 1.54) is 30.7 Å². The summed E-state index contributed by atoms with van der Waals surface area (Å²) in [7, 11) is -3.10. The molecule has 15 heteroatoms. The Morgan fingerprint density at radius 1 is 1.37 bits per heavy atom. The van der Waals surface area contributed by atoms with Gasteiger partial charge in [-0.2, -0.15) is 0 Å². The summed E-state index contributed by atoms with van der Waals surface area (Å²) in [5.74, 6) is -1.38. The van der Waals surface area contributed by atoms with Crippen LogP contribution in [0, 0.1) is 5.82 Å². The van der Waals surface area contributed by atoms with E-state index in [1.54, 1.807) is 25.1 Å². The van der Waals surface area contributed by atoms with Gasteiger partial charge < -0.3 is 29.9 Å². The number of nitrogen functional groups attached to an aromatic ring is 1. The van der Waals surface area contributed by atoms with E-state index in [2.05, 4.69) is 19.8 Å². The zero-order valence-electron chi connectivity index (χ0n) is 20.9. The highest BCUT2D eigenvalue weighted by atomic mass is 31.2. The molecular weight excluding hydrogens is 524 g/mol. The normalized spacial score (nSPS) is 25.7. The maximum atomic E-state index is 14.7. The number of nitrogens with one attached hydrogen (secondary N) is 1. The van der Waals surface area contributed by atoms with E-state index < -0.39 is 56.2 Å². The van der Waals surface area contributed by atoms with Crippen molar-refractivity contribution >= 4 is 30.6 Å². The average molecular weight is 553 g/mol. The molecule has 2 aromatic heterocycles. The first-order valence-electron chi connectivity index (χ1n) is 11.7. The molecule has 0 aliphatic carbocycles. The smallest absolute Gasteiger partial charge is 0.459 e. The van der Waals surface area contributed by atoms with Crippen LogP contribution in [0.15, 0.2) is 42.9 Å². The molecule has 0 spiro atoms. The lowest BCUT2D eigenvalue weighted by atomic mass is 9.93. The topological polar surface area (TPSA) is 180 Å². The van der Waals surface area contributed by atoms with E-state index in [9.17, 15) is 24.0 Å². The summed E-state index contributed by atoms with van der Waals surface area (Å²) in [6.07, 6.45) is -2.98. The Kier molecular flexibility index (Phi) is 8.02. The molecule has 5 N–H and O–H groups in total. The summed E-state index contributed by atoms with van der Waals surface area (Å²) in [6, 6.07) is 8.11. The van der Waals surface area contributed by atoms with Crippen molar-refractivity contribution in [1.82, 2.24) is 19.6 Å². The summed E-state index contributed by atoms with van der Waals surface area (Å²) in [4.78, 5) is 19.6. The van der Waals surface area contributed by atoms with Gasteiger partial charge in [0.15, 0.2) is 17.7 Å². The molecule has 0 radical (unpaired) electrons. The number of esters is 1. The van der Waals surface area contributed by atoms with Gasteiger partial charge in [0.05, 0.1) is 18.6 Å². The van der Waals surface area contributed by atoms with Gasteiger partial charge in [0, 0.05) is 6.20 Å². The number of anilines is 1. The third kappa shape index (κ3) is 5.37. The highest BCUT2D eigenvalue weighted by Crippen LogP contribution is 2.49. The molecule has 1 fully saturated rings. The van der Waals surface area contributed by atoms with E-state index >= 15 is 0 Å². The Hall–Kier alpha value is -3.13. The monoisotopic (exact) mass is 553 g/mol. The van der Waals surface area contributed by atoms with Crippen LogP contribution in [0.2, 0.25) is 0 Å². The lowest BCUT2D eigenvalue weighted by molar-refractivity contribution is -0.139. The number of aliphatic hydroxyl groups excluding tert-OH is 1. The average Bonchev–Trinajstić information content (AvgIpc) is 3.35. The third-order valence-corrected chi connectivity index (χ3v) is 7.74. The highest BCUT2D eigenvalue weighted by molar-refractivity contribution is 7.52. The number of nitrogens with two attached hydrogens (primary N) is 1. The van der Waals surface area contributed by atoms with Crippen LogP contribution in [-0.2, 0) is 23.4 Å². The SMILES string of the molecule is CC[C@@H](OP(=O)(NCC(=O)OC)Oc1ccccc1)[C@H]1O[C@@H](n2cc(F)c3c(N)ncnc32)[C@](C)(O)[C@@H]1O. The zero-order chi connectivity index (χ0) is 27.7. The molecule has 1 aliphatic heterocycles. The first kappa shape index (κ1) is 27.9. The number of para-hydroxylation sites is 1. The Labute approximate surface area is 217 Å². The van der Waals surface area contributed by atoms with E-state index in [1.807, 2.05) is 0 Å². The largest absolute Gasteiger partial charge is 0.468 e. The fraction of sp³-hybridized carbons (Fsp3) is 0.435. The first-order valence-corrected chi connectivity index (χ1v) is 13.2. The number of methoxy groups -OCH3 is 1. The maximum Gasteiger partial charge on any atom is 0.459 e. The zero-order valence-corrected chi connectivity index (χ0v) is 21.7. The summed E-state index contributed by atoms with van der Waals surface area (Å²) < 4.78 is 51.6. The molecule has 1 aromatic carbocycles. The Bertz CT molecular complexity index is 1340. The van der Waals surface area contributed by atoms with Crippen LogP contribution in [-0.4, -0.2) is 68.3 Å². The highest BCUT2D eigenvalue weighted by Gasteiger charge is 2.56. The van der Waals surface area contributed by atoms with Gasteiger partial charge in [0.25, 0.3) is 0 Å². The molecule has 13 nitrogen and oxygen atoms in total. The van der Waals surface area contributed by atoms with Gasteiger partial charge in [-0.3, -0.25) is 13.9 Å². The number of rotatable bonds is 10. The van der Waals surface area contributed by atoms with Crippen molar-refractivity contribution in [2.45, 2.75) is 50.4 Å². The molecule has 206 valence electrons. The quantitative estimate of drug-likeness (QED) is 0.212. The summed E-state index contributed by atoms with van der Waals surface area (Å²) in [5.41, 5.74) is 3.86. The van der Waals surface area contributed by atoms with Gasteiger partial charge in [-0.15, -0.1) is 0 Å². The molecule has 0 amide bonds. The molecule has 1 saturated heterocycles. The van der Waals surface area contributed by atoms with Crippen LogP contribution in [0.5, 0.6) is 5.75 Å². The molecule has 1 unspecified atom stereocenters. The molecule has 0 saturated carbocycles. The molecule has 0 bridgehead atoms. The van der Waals surface area contributed by atoms with Gasteiger partial charge in [-0.05, 0) is 25.5 Å². The van der Waals surface area contributed by atoms with Crippen LogP contribution >= 0.6 is 7.75 Å². The molecular formula is C23H29FN5O8P. The fourth-order valence-corrected chi connectivity index (χ4v) is 5.74. The molecule has 3 aromatic rings. The van der Waals surface area contributed by atoms with Crippen molar-refractivity contribution in [1.29, 1.82) is 0 Å². The van der Waals surface area contributed by atoms with Crippen LogP contribution in [0.3, 0.4) is 0 Å². The minimum absolute atomic E-state index is 0.0416. The molecule has 3 heterocycles. The fourth-order valence-electron chi connectivity index (χ4n) is 4.21. The van der Waals surface area contributed by atoms with Gasteiger partial charge in [0.1, 0.15) is 42.2 Å². The molecule has 1 aliphatic rings. The van der Waals surface area contributed by atoms with E-state index in [-0.39, 0.29) is 29.0 Å². The lowest BCUT2D eigenvalue weighted by Gasteiger charge is -2.30. The number of carbonyl (C=O) groups is 1. The van der Waals surface area contributed by atoms with Gasteiger partial charge in [-0.1, -0.05) is 25.1 Å².